The summed E-state index contributed by atoms with van der Waals surface area (Å²) in [5.41, 5.74) is 3.08. The lowest BCUT2D eigenvalue weighted by Crippen LogP contribution is -1.86. The van der Waals surface area contributed by atoms with Crippen LogP contribution in [0.25, 0.3) is 22.0 Å². The van der Waals surface area contributed by atoms with Crippen molar-refractivity contribution in [2.75, 3.05) is 0 Å². The lowest BCUT2D eigenvalue weighted by molar-refractivity contribution is 1.41. The maximum absolute atomic E-state index is 6.31. The molecule has 0 fully saturated rings. The van der Waals surface area contributed by atoms with Crippen LogP contribution < -0.4 is 0 Å². The Labute approximate surface area is 119 Å². The minimum Gasteiger partial charge on any atom is -0.255 e. The number of hydrogen-bond donors (Lipinski definition) is 0. The molecule has 3 rings (SSSR count). The molecule has 0 N–H and O–H groups in total. The number of halogens is 2. The molecule has 0 saturated carbocycles. The van der Waals surface area contributed by atoms with E-state index in [1.165, 1.54) is 0 Å². The molecule has 0 amide bonds. The molecule has 0 radical (unpaired) electrons. The lowest BCUT2D eigenvalue weighted by atomic mass is 10.0. The third-order valence-electron chi connectivity index (χ3n) is 2.85. The number of nitrogens with zero attached hydrogens (tertiary/aromatic N) is 1. The number of rotatable bonds is 1. The standard InChI is InChI=1S/C15H9BrClN/c16-11-6-7-14-12(8-11)15(13(17)9-18-14)10-4-2-1-3-5-10/h1-9H. The SMILES string of the molecule is Clc1cnc2ccc(Br)cc2c1-c1ccccc1. The van der Waals surface area contributed by atoms with E-state index in [2.05, 4.69) is 39.1 Å². The fourth-order valence-electron chi connectivity index (χ4n) is 2.04. The third-order valence-corrected chi connectivity index (χ3v) is 3.63. The van der Waals surface area contributed by atoms with Crippen molar-refractivity contribution < 1.29 is 0 Å². The summed E-state index contributed by atoms with van der Waals surface area (Å²) in [5, 5.41) is 1.73. The van der Waals surface area contributed by atoms with Crippen molar-refractivity contribution in [1.29, 1.82) is 0 Å². The highest BCUT2D eigenvalue weighted by atomic mass is 79.9. The van der Waals surface area contributed by atoms with Crippen molar-refractivity contribution in [2.45, 2.75) is 0 Å². The van der Waals surface area contributed by atoms with E-state index in [1.807, 2.05) is 30.3 Å². The zero-order valence-electron chi connectivity index (χ0n) is 9.40. The summed E-state index contributed by atoms with van der Waals surface area (Å²) < 4.78 is 1.02. The molecule has 0 saturated heterocycles. The Morgan fingerprint density at radius 3 is 2.56 bits per heavy atom. The number of pyridine rings is 1. The first-order valence-electron chi connectivity index (χ1n) is 5.55. The second-order valence-corrected chi connectivity index (χ2v) is 5.33. The maximum Gasteiger partial charge on any atom is 0.0710 e. The Morgan fingerprint density at radius 1 is 1.00 bits per heavy atom. The second-order valence-electron chi connectivity index (χ2n) is 4.01. The van der Waals surface area contributed by atoms with Crippen LogP contribution in [0.1, 0.15) is 0 Å². The quantitative estimate of drug-likeness (QED) is 0.592. The van der Waals surface area contributed by atoms with Gasteiger partial charge in [-0.15, -0.1) is 0 Å². The highest BCUT2D eigenvalue weighted by Gasteiger charge is 2.09. The van der Waals surface area contributed by atoms with Gasteiger partial charge in [-0.25, -0.2) is 0 Å². The molecule has 1 aromatic heterocycles. The molecule has 1 nitrogen and oxygen atoms in total. The summed E-state index contributed by atoms with van der Waals surface area (Å²) in [6.45, 7) is 0. The summed E-state index contributed by atoms with van der Waals surface area (Å²) in [5.74, 6) is 0. The van der Waals surface area contributed by atoms with Gasteiger partial charge in [-0.05, 0) is 23.8 Å². The van der Waals surface area contributed by atoms with Gasteiger partial charge in [0.05, 0.1) is 10.5 Å². The topological polar surface area (TPSA) is 12.9 Å². The van der Waals surface area contributed by atoms with E-state index in [0.717, 1.165) is 26.5 Å². The fourth-order valence-corrected chi connectivity index (χ4v) is 2.66. The van der Waals surface area contributed by atoms with E-state index in [9.17, 15) is 0 Å². The van der Waals surface area contributed by atoms with Crippen molar-refractivity contribution in [3.8, 4) is 11.1 Å². The number of hydrogen-bond acceptors (Lipinski definition) is 1. The van der Waals surface area contributed by atoms with Crippen LogP contribution in [0.2, 0.25) is 5.02 Å². The van der Waals surface area contributed by atoms with Gasteiger partial charge in [0.1, 0.15) is 0 Å². The molecule has 0 aliphatic carbocycles. The summed E-state index contributed by atoms with van der Waals surface area (Å²) in [7, 11) is 0. The number of fused-ring (bicyclic) bond motifs is 1. The normalized spacial score (nSPS) is 10.8. The summed E-state index contributed by atoms with van der Waals surface area (Å²) in [6.07, 6.45) is 1.71. The van der Waals surface area contributed by atoms with E-state index < -0.39 is 0 Å². The third kappa shape index (κ3) is 2.02. The van der Waals surface area contributed by atoms with Crippen molar-refractivity contribution in [2.24, 2.45) is 0 Å². The molecule has 1 heterocycles. The molecular weight excluding hydrogens is 310 g/mol. The van der Waals surface area contributed by atoms with Gasteiger partial charge in [0.2, 0.25) is 0 Å². The lowest BCUT2D eigenvalue weighted by Gasteiger charge is -2.09. The number of benzene rings is 2. The summed E-state index contributed by atoms with van der Waals surface area (Å²) in [4.78, 5) is 4.36. The van der Waals surface area contributed by atoms with Crippen LogP contribution in [-0.4, -0.2) is 4.98 Å². The molecule has 3 heteroatoms. The molecule has 3 aromatic rings. The average molecular weight is 319 g/mol. The van der Waals surface area contributed by atoms with Crippen LogP contribution in [-0.2, 0) is 0 Å². The maximum atomic E-state index is 6.31. The van der Waals surface area contributed by atoms with Crippen molar-refractivity contribution in [1.82, 2.24) is 4.98 Å². The largest absolute Gasteiger partial charge is 0.255 e. The Morgan fingerprint density at radius 2 is 1.78 bits per heavy atom. The monoisotopic (exact) mass is 317 g/mol. The minimum atomic E-state index is 0.673. The minimum absolute atomic E-state index is 0.673. The zero-order valence-corrected chi connectivity index (χ0v) is 11.7. The van der Waals surface area contributed by atoms with E-state index >= 15 is 0 Å². The Kier molecular flexibility index (Phi) is 3.06. The van der Waals surface area contributed by atoms with Crippen LogP contribution in [0, 0.1) is 0 Å². The van der Waals surface area contributed by atoms with Gasteiger partial charge in [-0.1, -0.05) is 57.9 Å². The molecule has 0 spiro atoms. The zero-order chi connectivity index (χ0) is 12.5. The predicted octanol–water partition coefficient (Wildman–Crippen LogP) is 5.32. The first-order chi connectivity index (χ1) is 8.75. The highest BCUT2D eigenvalue weighted by molar-refractivity contribution is 9.10. The molecule has 0 aliphatic rings. The fraction of sp³-hybridized carbons (Fsp3) is 0. The first-order valence-corrected chi connectivity index (χ1v) is 6.72. The van der Waals surface area contributed by atoms with Crippen molar-refractivity contribution in [3.63, 3.8) is 0 Å². The highest BCUT2D eigenvalue weighted by Crippen LogP contribution is 2.35. The molecule has 88 valence electrons. The van der Waals surface area contributed by atoms with E-state index in [1.54, 1.807) is 6.20 Å². The van der Waals surface area contributed by atoms with E-state index in [0.29, 0.717) is 5.02 Å². The molecule has 18 heavy (non-hydrogen) atoms. The predicted molar refractivity (Wildman–Crippen MR) is 79.9 cm³/mol. The summed E-state index contributed by atoms with van der Waals surface area (Å²) in [6, 6.07) is 16.2. The van der Waals surface area contributed by atoms with Gasteiger partial charge in [-0.3, -0.25) is 4.98 Å². The van der Waals surface area contributed by atoms with Gasteiger partial charge in [0, 0.05) is 21.6 Å². The molecule has 2 aromatic carbocycles. The van der Waals surface area contributed by atoms with Crippen LogP contribution in [0.3, 0.4) is 0 Å². The number of aromatic nitrogens is 1. The Bertz CT molecular complexity index is 705. The van der Waals surface area contributed by atoms with Crippen molar-refractivity contribution >= 4 is 38.4 Å². The van der Waals surface area contributed by atoms with Crippen LogP contribution in [0.15, 0.2) is 59.2 Å². The molecule has 0 unspecified atom stereocenters. The van der Waals surface area contributed by atoms with Gasteiger partial charge in [0.25, 0.3) is 0 Å². The van der Waals surface area contributed by atoms with Crippen LogP contribution >= 0.6 is 27.5 Å². The Hall–Kier alpha value is -1.38. The molecule has 0 atom stereocenters. The molecule has 0 aliphatic heterocycles. The van der Waals surface area contributed by atoms with Gasteiger partial charge < -0.3 is 0 Å². The van der Waals surface area contributed by atoms with E-state index in [-0.39, 0.29) is 0 Å². The van der Waals surface area contributed by atoms with Gasteiger partial charge in [-0.2, -0.15) is 0 Å². The smallest absolute Gasteiger partial charge is 0.0710 e. The Balaban J connectivity index is 2.40. The van der Waals surface area contributed by atoms with Gasteiger partial charge in [0.15, 0.2) is 0 Å². The van der Waals surface area contributed by atoms with E-state index in [4.69, 9.17) is 11.6 Å². The molecule has 0 bridgehead atoms. The molecular formula is C15H9BrClN. The summed E-state index contributed by atoms with van der Waals surface area (Å²) >= 11 is 9.81. The van der Waals surface area contributed by atoms with Crippen molar-refractivity contribution in [3.05, 3.63) is 64.2 Å². The average Bonchev–Trinajstić information content (AvgIpc) is 2.39. The second kappa shape index (κ2) is 4.71. The van der Waals surface area contributed by atoms with Gasteiger partial charge >= 0.3 is 0 Å². The van der Waals surface area contributed by atoms with Crippen LogP contribution in [0.4, 0.5) is 0 Å². The first kappa shape index (κ1) is 11.7. The van der Waals surface area contributed by atoms with Crippen LogP contribution in [0.5, 0.6) is 0 Å².